The molecular formula is C19H17ClN2O4S. The third-order valence-corrected chi connectivity index (χ3v) is 5.21. The number of hydrogen-bond donors (Lipinski definition) is 2. The quantitative estimate of drug-likeness (QED) is 0.679. The van der Waals surface area contributed by atoms with Gasteiger partial charge >= 0.3 is 0 Å². The summed E-state index contributed by atoms with van der Waals surface area (Å²) in [5, 5.41) is 9.97. The van der Waals surface area contributed by atoms with E-state index >= 15 is 0 Å². The van der Waals surface area contributed by atoms with E-state index in [1.807, 2.05) is 24.3 Å². The molecule has 0 heterocycles. The number of primary sulfonamides is 1. The van der Waals surface area contributed by atoms with Crippen molar-refractivity contribution in [3.05, 3.63) is 65.7 Å². The summed E-state index contributed by atoms with van der Waals surface area (Å²) in [4.78, 5) is 12.4. The lowest BCUT2D eigenvalue weighted by Gasteiger charge is -2.16. The van der Waals surface area contributed by atoms with E-state index < -0.39 is 16.1 Å². The summed E-state index contributed by atoms with van der Waals surface area (Å²) in [6.07, 6.45) is -0.785. The van der Waals surface area contributed by atoms with Crippen molar-refractivity contribution in [1.29, 1.82) is 0 Å². The fourth-order valence-corrected chi connectivity index (χ4v) is 3.30. The van der Waals surface area contributed by atoms with E-state index in [2.05, 4.69) is 5.32 Å². The summed E-state index contributed by atoms with van der Waals surface area (Å²) < 4.78 is 28.3. The molecule has 140 valence electrons. The first-order valence-electron chi connectivity index (χ1n) is 8.03. The molecule has 3 aromatic rings. The van der Waals surface area contributed by atoms with Crippen molar-refractivity contribution in [3.8, 4) is 5.75 Å². The van der Waals surface area contributed by atoms with Crippen LogP contribution in [0.15, 0.2) is 65.6 Å². The molecular weight excluding hydrogens is 388 g/mol. The Labute approximate surface area is 161 Å². The zero-order chi connectivity index (χ0) is 19.6. The molecule has 0 aliphatic carbocycles. The highest BCUT2D eigenvalue weighted by molar-refractivity contribution is 7.89. The van der Waals surface area contributed by atoms with Crippen LogP contribution in [0.1, 0.15) is 6.92 Å². The number of halogens is 1. The van der Waals surface area contributed by atoms with Gasteiger partial charge in [-0.3, -0.25) is 4.79 Å². The molecule has 0 saturated heterocycles. The van der Waals surface area contributed by atoms with Crippen molar-refractivity contribution in [2.45, 2.75) is 17.9 Å². The van der Waals surface area contributed by atoms with Gasteiger partial charge in [0.1, 0.15) is 5.75 Å². The van der Waals surface area contributed by atoms with Gasteiger partial charge in [0, 0.05) is 21.5 Å². The standard InChI is InChI=1S/C19H17ClN2O4S/c1-12(19(23)22-13-6-8-14(9-7-13)27(21,24)25)26-18-11-10-17(20)15-4-2-3-5-16(15)18/h2-12H,1H3,(H,22,23)(H2,21,24,25)/t12-/m1/s1. The molecule has 6 nitrogen and oxygen atoms in total. The first-order valence-corrected chi connectivity index (χ1v) is 9.96. The fourth-order valence-electron chi connectivity index (χ4n) is 2.55. The smallest absolute Gasteiger partial charge is 0.265 e. The summed E-state index contributed by atoms with van der Waals surface area (Å²) in [5.41, 5.74) is 0.434. The van der Waals surface area contributed by atoms with Gasteiger partial charge in [0.25, 0.3) is 5.91 Å². The lowest BCUT2D eigenvalue weighted by Crippen LogP contribution is -2.30. The average Bonchev–Trinajstić information content (AvgIpc) is 2.64. The minimum atomic E-state index is -3.78. The number of amides is 1. The lowest BCUT2D eigenvalue weighted by molar-refractivity contribution is -0.122. The molecule has 0 aromatic heterocycles. The zero-order valence-electron chi connectivity index (χ0n) is 14.3. The van der Waals surface area contributed by atoms with Crippen LogP contribution in [0.5, 0.6) is 5.75 Å². The van der Waals surface area contributed by atoms with Gasteiger partial charge in [-0.2, -0.15) is 0 Å². The van der Waals surface area contributed by atoms with Gasteiger partial charge < -0.3 is 10.1 Å². The predicted molar refractivity (Wildman–Crippen MR) is 105 cm³/mol. The maximum atomic E-state index is 12.4. The molecule has 8 heteroatoms. The Balaban J connectivity index is 1.74. The Kier molecular flexibility index (Phi) is 5.36. The van der Waals surface area contributed by atoms with Crippen molar-refractivity contribution in [2.75, 3.05) is 5.32 Å². The number of anilines is 1. The molecule has 0 unspecified atom stereocenters. The molecule has 1 atom stereocenters. The highest BCUT2D eigenvalue weighted by Crippen LogP contribution is 2.31. The van der Waals surface area contributed by atoms with E-state index in [-0.39, 0.29) is 10.8 Å². The molecule has 3 N–H and O–H groups in total. The van der Waals surface area contributed by atoms with Gasteiger partial charge in [-0.25, -0.2) is 13.6 Å². The number of ether oxygens (including phenoxy) is 1. The van der Waals surface area contributed by atoms with Crippen LogP contribution in [0.3, 0.4) is 0 Å². The second-order valence-electron chi connectivity index (χ2n) is 5.91. The SMILES string of the molecule is C[C@@H](Oc1ccc(Cl)c2ccccc12)C(=O)Nc1ccc(S(N)(=O)=O)cc1. The molecule has 1 amide bonds. The van der Waals surface area contributed by atoms with Crippen molar-refractivity contribution in [2.24, 2.45) is 5.14 Å². The minimum Gasteiger partial charge on any atom is -0.480 e. The number of hydrogen-bond acceptors (Lipinski definition) is 4. The monoisotopic (exact) mass is 404 g/mol. The van der Waals surface area contributed by atoms with E-state index in [1.165, 1.54) is 24.3 Å². The lowest BCUT2D eigenvalue weighted by atomic mass is 10.1. The van der Waals surface area contributed by atoms with Crippen molar-refractivity contribution < 1.29 is 17.9 Å². The van der Waals surface area contributed by atoms with Crippen LogP contribution < -0.4 is 15.2 Å². The third kappa shape index (κ3) is 4.39. The minimum absolute atomic E-state index is 0.0302. The summed E-state index contributed by atoms with van der Waals surface area (Å²) in [6, 6.07) is 16.5. The van der Waals surface area contributed by atoms with Gasteiger partial charge in [-0.15, -0.1) is 0 Å². The predicted octanol–water partition coefficient (Wildman–Crippen LogP) is 3.55. The Morgan fingerprint density at radius 1 is 1.04 bits per heavy atom. The molecule has 0 aliphatic rings. The Bertz CT molecular complexity index is 1100. The van der Waals surface area contributed by atoms with Crippen LogP contribution in [0.25, 0.3) is 10.8 Å². The van der Waals surface area contributed by atoms with Gasteiger partial charge in [-0.1, -0.05) is 35.9 Å². The Morgan fingerprint density at radius 2 is 1.67 bits per heavy atom. The number of sulfonamides is 1. The van der Waals surface area contributed by atoms with Crippen molar-refractivity contribution >= 4 is 44.0 Å². The molecule has 0 fully saturated rings. The average molecular weight is 405 g/mol. The second-order valence-corrected chi connectivity index (χ2v) is 7.88. The Morgan fingerprint density at radius 3 is 2.30 bits per heavy atom. The number of rotatable bonds is 5. The normalized spacial score (nSPS) is 12.6. The molecule has 0 saturated carbocycles. The largest absolute Gasteiger partial charge is 0.480 e. The van der Waals surface area contributed by atoms with Crippen LogP contribution in [0.4, 0.5) is 5.69 Å². The van der Waals surface area contributed by atoms with Gasteiger partial charge in [0.2, 0.25) is 10.0 Å². The second kappa shape index (κ2) is 7.56. The highest BCUT2D eigenvalue weighted by Gasteiger charge is 2.17. The van der Waals surface area contributed by atoms with Crippen LogP contribution in [-0.4, -0.2) is 20.4 Å². The van der Waals surface area contributed by atoms with E-state index in [4.69, 9.17) is 21.5 Å². The molecule has 3 rings (SSSR count). The molecule has 0 radical (unpaired) electrons. The summed E-state index contributed by atoms with van der Waals surface area (Å²) in [7, 11) is -3.78. The number of nitrogens with one attached hydrogen (secondary N) is 1. The van der Waals surface area contributed by atoms with Gasteiger partial charge in [-0.05, 0) is 43.3 Å². The fraction of sp³-hybridized carbons (Fsp3) is 0.105. The van der Waals surface area contributed by atoms with Crippen molar-refractivity contribution in [3.63, 3.8) is 0 Å². The molecule has 27 heavy (non-hydrogen) atoms. The van der Waals surface area contributed by atoms with E-state index in [0.29, 0.717) is 16.5 Å². The molecule has 0 spiro atoms. The van der Waals surface area contributed by atoms with Crippen LogP contribution in [0, 0.1) is 0 Å². The van der Waals surface area contributed by atoms with E-state index in [9.17, 15) is 13.2 Å². The molecule has 3 aromatic carbocycles. The summed E-state index contributed by atoms with van der Waals surface area (Å²) >= 11 is 6.19. The van der Waals surface area contributed by atoms with Crippen LogP contribution in [0.2, 0.25) is 5.02 Å². The van der Waals surface area contributed by atoms with E-state index in [0.717, 1.165) is 10.8 Å². The summed E-state index contributed by atoms with van der Waals surface area (Å²) in [5.74, 6) is 0.166. The first-order chi connectivity index (χ1) is 12.8. The van der Waals surface area contributed by atoms with Crippen molar-refractivity contribution in [1.82, 2.24) is 0 Å². The molecule has 0 aliphatic heterocycles. The zero-order valence-corrected chi connectivity index (χ0v) is 15.9. The number of nitrogens with two attached hydrogens (primary N) is 1. The number of fused-ring (bicyclic) bond motifs is 1. The maximum absolute atomic E-state index is 12.4. The third-order valence-electron chi connectivity index (χ3n) is 3.95. The topological polar surface area (TPSA) is 98.5 Å². The van der Waals surface area contributed by atoms with Crippen LogP contribution in [-0.2, 0) is 14.8 Å². The Hall–Kier alpha value is -2.61. The first kappa shape index (κ1) is 19.2. The van der Waals surface area contributed by atoms with Crippen LogP contribution >= 0.6 is 11.6 Å². The number of carbonyl (C=O) groups is 1. The molecule has 0 bridgehead atoms. The highest BCUT2D eigenvalue weighted by atomic mass is 35.5. The van der Waals surface area contributed by atoms with Gasteiger partial charge in [0.05, 0.1) is 4.90 Å². The number of carbonyl (C=O) groups excluding carboxylic acids is 1. The maximum Gasteiger partial charge on any atom is 0.265 e. The number of benzene rings is 3. The van der Waals surface area contributed by atoms with E-state index in [1.54, 1.807) is 19.1 Å². The summed E-state index contributed by atoms with van der Waals surface area (Å²) in [6.45, 7) is 1.62. The van der Waals surface area contributed by atoms with Gasteiger partial charge in [0.15, 0.2) is 6.10 Å².